The molecule has 0 saturated carbocycles. The summed E-state index contributed by atoms with van der Waals surface area (Å²) >= 11 is 0. The Labute approximate surface area is 68.6 Å². The van der Waals surface area contributed by atoms with Gasteiger partial charge in [0.1, 0.15) is 5.82 Å². The molecule has 0 radical (unpaired) electrons. The minimum atomic E-state index is -1.28. The number of hydrogen-bond donors (Lipinski definition) is 2. The third-order valence-corrected chi connectivity index (χ3v) is 1.53. The zero-order valence-corrected chi connectivity index (χ0v) is 6.25. The smallest absolute Gasteiger partial charge is 0.339 e. The van der Waals surface area contributed by atoms with Gasteiger partial charge in [-0.25, -0.2) is 9.18 Å². The van der Waals surface area contributed by atoms with E-state index in [9.17, 15) is 9.18 Å². The van der Waals surface area contributed by atoms with E-state index in [0.717, 1.165) is 6.07 Å². The molecule has 3 nitrogen and oxygen atoms in total. The summed E-state index contributed by atoms with van der Waals surface area (Å²) in [6.45, 7) is 0.0272. The molecule has 1 aromatic rings. The fraction of sp³-hybridized carbons (Fsp3) is 0.125. The van der Waals surface area contributed by atoms with E-state index >= 15 is 0 Å². The summed E-state index contributed by atoms with van der Waals surface area (Å²) in [6, 6.07) is 4.03. The predicted molar refractivity (Wildman–Crippen MR) is 41.3 cm³/mol. The lowest BCUT2D eigenvalue weighted by Gasteiger charge is -2.02. The molecular formula is C8H8FNO2. The third kappa shape index (κ3) is 1.43. The SMILES string of the molecule is NCc1cccc(F)c1C(=O)O. The number of rotatable bonds is 2. The largest absolute Gasteiger partial charge is 0.478 e. The van der Waals surface area contributed by atoms with Gasteiger partial charge in [0.25, 0.3) is 0 Å². The van der Waals surface area contributed by atoms with Crippen LogP contribution in [0.25, 0.3) is 0 Å². The lowest BCUT2D eigenvalue weighted by molar-refractivity contribution is 0.0690. The highest BCUT2D eigenvalue weighted by molar-refractivity contribution is 5.89. The van der Waals surface area contributed by atoms with Crippen molar-refractivity contribution in [2.45, 2.75) is 6.54 Å². The summed E-state index contributed by atoms with van der Waals surface area (Å²) in [5, 5.41) is 8.58. The number of nitrogens with two attached hydrogens (primary N) is 1. The Hall–Kier alpha value is -1.42. The molecule has 4 heteroatoms. The maximum absolute atomic E-state index is 12.9. The first kappa shape index (κ1) is 8.67. The highest BCUT2D eigenvalue weighted by atomic mass is 19.1. The summed E-state index contributed by atoms with van der Waals surface area (Å²) in [6.07, 6.45) is 0. The van der Waals surface area contributed by atoms with Gasteiger partial charge in [-0.1, -0.05) is 12.1 Å². The molecule has 64 valence electrons. The normalized spacial score (nSPS) is 9.83. The molecule has 0 heterocycles. The Balaban J connectivity index is 3.29. The van der Waals surface area contributed by atoms with Crippen LogP contribution in [0.3, 0.4) is 0 Å². The Morgan fingerprint density at radius 2 is 2.25 bits per heavy atom. The number of hydrogen-bond acceptors (Lipinski definition) is 2. The molecule has 0 saturated heterocycles. The van der Waals surface area contributed by atoms with Crippen LogP contribution in [-0.2, 0) is 6.54 Å². The summed E-state index contributed by atoms with van der Waals surface area (Å²) in [5.74, 6) is -2.03. The summed E-state index contributed by atoms with van der Waals surface area (Å²) in [4.78, 5) is 10.5. The molecule has 0 aliphatic rings. The highest BCUT2D eigenvalue weighted by Gasteiger charge is 2.13. The second-order valence-corrected chi connectivity index (χ2v) is 2.28. The van der Waals surface area contributed by atoms with Crippen molar-refractivity contribution >= 4 is 5.97 Å². The fourth-order valence-corrected chi connectivity index (χ4v) is 0.978. The molecule has 0 amide bonds. The zero-order valence-electron chi connectivity index (χ0n) is 6.25. The predicted octanol–water partition coefficient (Wildman–Crippen LogP) is 0.983. The van der Waals surface area contributed by atoms with Crippen LogP contribution >= 0.6 is 0 Å². The lowest BCUT2D eigenvalue weighted by Crippen LogP contribution is -2.09. The van der Waals surface area contributed by atoms with E-state index in [1.807, 2.05) is 0 Å². The van der Waals surface area contributed by atoms with Gasteiger partial charge in [0.2, 0.25) is 0 Å². The van der Waals surface area contributed by atoms with Crippen molar-refractivity contribution in [3.63, 3.8) is 0 Å². The summed E-state index contributed by atoms with van der Waals surface area (Å²) < 4.78 is 12.9. The molecule has 0 fully saturated rings. The van der Waals surface area contributed by atoms with E-state index in [0.29, 0.717) is 5.56 Å². The molecular weight excluding hydrogens is 161 g/mol. The molecule has 0 spiro atoms. The van der Waals surface area contributed by atoms with Crippen LogP contribution in [0, 0.1) is 5.82 Å². The van der Waals surface area contributed by atoms with Crippen LogP contribution in [0.5, 0.6) is 0 Å². The van der Waals surface area contributed by atoms with Crippen molar-refractivity contribution in [1.82, 2.24) is 0 Å². The van der Waals surface area contributed by atoms with Gasteiger partial charge in [0.05, 0.1) is 5.56 Å². The topological polar surface area (TPSA) is 63.3 Å². The first-order valence-corrected chi connectivity index (χ1v) is 3.37. The van der Waals surface area contributed by atoms with Crippen molar-refractivity contribution in [1.29, 1.82) is 0 Å². The molecule has 1 aromatic carbocycles. The summed E-state index contributed by atoms with van der Waals surface area (Å²) in [5.41, 5.74) is 5.20. The van der Waals surface area contributed by atoms with E-state index in [2.05, 4.69) is 0 Å². The molecule has 0 unspecified atom stereocenters. The Morgan fingerprint density at radius 1 is 1.58 bits per heavy atom. The Morgan fingerprint density at radius 3 is 2.67 bits per heavy atom. The van der Waals surface area contributed by atoms with Crippen LogP contribution in [-0.4, -0.2) is 11.1 Å². The van der Waals surface area contributed by atoms with Crippen molar-refractivity contribution in [2.24, 2.45) is 5.73 Å². The first-order valence-electron chi connectivity index (χ1n) is 3.37. The number of halogens is 1. The van der Waals surface area contributed by atoms with Crippen molar-refractivity contribution in [3.05, 3.63) is 35.1 Å². The second-order valence-electron chi connectivity index (χ2n) is 2.28. The lowest BCUT2D eigenvalue weighted by atomic mass is 10.1. The Bertz CT molecular complexity index is 312. The molecule has 0 aliphatic heterocycles. The van der Waals surface area contributed by atoms with Crippen LogP contribution < -0.4 is 5.73 Å². The highest BCUT2D eigenvalue weighted by Crippen LogP contribution is 2.12. The quantitative estimate of drug-likeness (QED) is 0.693. The van der Waals surface area contributed by atoms with Gasteiger partial charge in [0.15, 0.2) is 0 Å². The average molecular weight is 169 g/mol. The van der Waals surface area contributed by atoms with E-state index in [1.54, 1.807) is 0 Å². The van der Waals surface area contributed by atoms with Crippen LogP contribution in [0.4, 0.5) is 4.39 Å². The number of aromatic carboxylic acids is 1. The summed E-state index contributed by atoms with van der Waals surface area (Å²) in [7, 11) is 0. The standard InChI is InChI=1S/C8H8FNO2/c9-6-3-1-2-5(4-10)7(6)8(11)12/h1-3H,4,10H2,(H,11,12). The second kappa shape index (κ2) is 3.32. The number of carboxylic acids is 1. The molecule has 0 aromatic heterocycles. The van der Waals surface area contributed by atoms with Crippen molar-refractivity contribution in [2.75, 3.05) is 0 Å². The van der Waals surface area contributed by atoms with E-state index in [1.165, 1.54) is 12.1 Å². The van der Waals surface area contributed by atoms with Crippen molar-refractivity contribution < 1.29 is 14.3 Å². The number of carboxylic acid groups (broad SMARTS) is 1. The van der Waals surface area contributed by atoms with Gasteiger partial charge in [-0.05, 0) is 11.6 Å². The molecule has 0 atom stereocenters. The van der Waals surface area contributed by atoms with Crippen LogP contribution in [0.1, 0.15) is 15.9 Å². The maximum Gasteiger partial charge on any atom is 0.339 e. The maximum atomic E-state index is 12.9. The van der Waals surface area contributed by atoms with E-state index in [4.69, 9.17) is 10.8 Å². The zero-order chi connectivity index (χ0) is 9.14. The molecule has 3 N–H and O–H groups in total. The molecule has 0 bridgehead atoms. The molecule has 1 rings (SSSR count). The molecule has 12 heavy (non-hydrogen) atoms. The van der Waals surface area contributed by atoms with E-state index in [-0.39, 0.29) is 12.1 Å². The van der Waals surface area contributed by atoms with Gasteiger partial charge < -0.3 is 10.8 Å². The van der Waals surface area contributed by atoms with E-state index < -0.39 is 11.8 Å². The van der Waals surface area contributed by atoms with Gasteiger partial charge in [-0.3, -0.25) is 0 Å². The van der Waals surface area contributed by atoms with Crippen LogP contribution in [0.15, 0.2) is 18.2 Å². The van der Waals surface area contributed by atoms with Crippen LogP contribution in [0.2, 0.25) is 0 Å². The minimum Gasteiger partial charge on any atom is -0.478 e. The first-order chi connectivity index (χ1) is 5.66. The molecule has 0 aliphatic carbocycles. The minimum absolute atomic E-state index is 0.0272. The average Bonchev–Trinajstić information content (AvgIpc) is 2.03. The number of benzene rings is 1. The monoisotopic (exact) mass is 169 g/mol. The third-order valence-electron chi connectivity index (χ3n) is 1.53. The number of carbonyl (C=O) groups is 1. The van der Waals surface area contributed by atoms with Gasteiger partial charge in [0, 0.05) is 6.54 Å². The van der Waals surface area contributed by atoms with Crippen molar-refractivity contribution in [3.8, 4) is 0 Å². The Kier molecular flexibility index (Phi) is 2.40. The fourth-order valence-electron chi connectivity index (χ4n) is 0.978. The van der Waals surface area contributed by atoms with Gasteiger partial charge in [-0.15, -0.1) is 0 Å². The van der Waals surface area contributed by atoms with Gasteiger partial charge >= 0.3 is 5.97 Å². The van der Waals surface area contributed by atoms with Gasteiger partial charge in [-0.2, -0.15) is 0 Å².